The van der Waals surface area contributed by atoms with Gasteiger partial charge in [0.15, 0.2) is 0 Å². The minimum atomic E-state index is -1.29. The molecule has 0 rings (SSSR count). The summed E-state index contributed by atoms with van der Waals surface area (Å²) in [4.78, 5) is -0.276. The maximum absolute atomic E-state index is 5.38. The Labute approximate surface area is 76.5 Å². The van der Waals surface area contributed by atoms with Crippen molar-refractivity contribution in [3.8, 4) is 0 Å². The number of hydrogen-bond acceptors (Lipinski definition) is 0. The van der Waals surface area contributed by atoms with Crippen molar-refractivity contribution in [2.75, 3.05) is 5.88 Å². The van der Waals surface area contributed by atoms with Gasteiger partial charge in [-0.25, -0.2) is 0 Å². The molecule has 1 atom stereocenters. The van der Waals surface area contributed by atoms with Crippen LogP contribution in [0.3, 0.4) is 0 Å². The van der Waals surface area contributed by atoms with Gasteiger partial charge in [0, 0.05) is 5.88 Å². The van der Waals surface area contributed by atoms with Crippen molar-refractivity contribution in [1.29, 1.82) is 0 Å². The Kier molecular flexibility index (Phi) is 4.49. The van der Waals surface area contributed by atoms with Gasteiger partial charge in [-0.15, -0.1) is 11.6 Å². The number of alkyl halides is 5. The van der Waals surface area contributed by atoms with E-state index in [1.165, 1.54) is 0 Å². The first kappa shape index (κ1) is 9.64. The van der Waals surface area contributed by atoms with E-state index in [0.29, 0.717) is 0 Å². The van der Waals surface area contributed by atoms with Gasteiger partial charge in [0.1, 0.15) is 0 Å². The molecule has 0 aliphatic carbocycles. The van der Waals surface area contributed by atoms with Crippen molar-refractivity contribution >= 4 is 62.3 Å². The number of halogens is 5. The van der Waals surface area contributed by atoms with E-state index >= 15 is 0 Å². The second-order valence-electron chi connectivity index (χ2n) is 1.16. The van der Waals surface area contributed by atoms with Crippen LogP contribution in [0.1, 0.15) is 0 Å². The normalized spacial score (nSPS) is 16.1. The van der Waals surface area contributed by atoms with E-state index in [0.717, 1.165) is 0 Å². The van der Waals surface area contributed by atoms with E-state index in [1.807, 2.05) is 0 Å². The summed E-state index contributed by atoms with van der Waals surface area (Å²) in [5.74, 6) is 0.288. The highest BCUT2D eigenvalue weighted by atomic mass is 79.9. The van der Waals surface area contributed by atoms with Gasteiger partial charge < -0.3 is 0 Å². The lowest BCUT2D eigenvalue weighted by Crippen LogP contribution is -2.19. The Bertz CT molecular complexity index is 68.2. The van der Waals surface area contributed by atoms with Crippen LogP contribution in [0.5, 0.6) is 0 Å². The largest absolute Gasteiger partial charge is 0.204 e. The summed E-state index contributed by atoms with van der Waals surface area (Å²) in [6.45, 7) is 0. The summed E-state index contributed by atoms with van der Waals surface area (Å²) in [5, 5.41) is 0. The molecule has 0 saturated heterocycles. The van der Waals surface area contributed by atoms with Crippen molar-refractivity contribution in [2.45, 2.75) is 8.62 Å². The highest BCUT2D eigenvalue weighted by Gasteiger charge is 2.28. The first-order valence-corrected chi connectivity index (χ1v) is 4.33. The number of hydrogen-bond donors (Lipinski definition) is 0. The van der Waals surface area contributed by atoms with Gasteiger partial charge >= 0.3 is 0 Å². The van der Waals surface area contributed by atoms with E-state index in [9.17, 15) is 0 Å². The molecule has 0 radical (unpaired) electrons. The quantitative estimate of drug-likeness (QED) is 0.635. The molecule has 0 aromatic rings. The molecule has 0 nitrogen and oxygen atoms in total. The van der Waals surface area contributed by atoms with E-state index in [1.54, 1.807) is 0 Å². The van der Waals surface area contributed by atoms with Gasteiger partial charge in [-0.2, -0.15) is 0 Å². The molecule has 5 heteroatoms. The van der Waals surface area contributed by atoms with Crippen LogP contribution in [0.4, 0.5) is 0 Å². The molecule has 0 aromatic heterocycles. The zero-order valence-corrected chi connectivity index (χ0v) is 8.28. The third-order valence-corrected chi connectivity index (χ3v) is 3.76. The Morgan fingerprint density at radius 1 is 1.38 bits per heavy atom. The van der Waals surface area contributed by atoms with E-state index in [-0.39, 0.29) is 10.7 Å². The minimum absolute atomic E-state index is 0.276. The lowest BCUT2D eigenvalue weighted by molar-refractivity contribution is 1.03. The molecule has 0 bridgehead atoms. The van der Waals surface area contributed by atoms with E-state index in [2.05, 4.69) is 15.9 Å². The Morgan fingerprint density at radius 3 is 1.75 bits per heavy atom. The van der Waals surface area contributed by atoms with Gasteiger partial charge in [0.05, 0.1) is 4.83 Å². The van der Waals surface area contributed by atoms with Crippen LogP contribution in [0, 0.1) is 0 Å². The lowest BCUT2D eigenvalue weighted by Gasteiger charge is -2.14. The third-order valence-electron chi connectivity index (χ3n) is 0.491. The Morgan fingerprint density at radius 2 is 1.75 bits per heavy atom. The van der Waals surface area contributed by atoms with Gasteiger partial charge in [-0.05, 0) is 0 Å². The van der Waals surface area contributed by atoms with Crippen LogP contribution in [-0.2, 0) is 0 Å². The van der Waals surface area contributed by atoms with Crippen LogP contribution in [0.15, 0.2) is 0 Å². The molecular formula is C3H3BrCl4. The summed E-state index contributed by atoms with van der Waals surface area (Å²) >= 11 is 24.6. The van der Waals surface area contributed by atoms with Crippen LogP contribution < -0.4 is 0 Å². The molecular weight excluding hydrogens is 258 g/mol. The highest BCUT2D eigenvalue weighted by molar-refractivity contribution is 9.09. The van der Waals surface area contributed by atoms with Crippen LogP contribution >= 0.6 is 62.3 Å². The van der Waals surface area contributed by atoms with E-state index in [4.69, 9.17) is 46.4 Å². The first-order valence-electron chi connectivity index (χ1n) is 1.75. The van der Waals surface area contributed by atoms with Gasteiger partial charge in [-0.3, -0.25) is 0 Å². The maximum Gasteiger partial charge on any atom is 0.204 e. The molecule has 0 heterocycles. The number of rotatable bonds is 1. The van der Waals surface area contributed by atoms with Gasteiger partial charge in [-0.1, -0.05) is 50.7 Å². The smallest absolute Gasteiger partial charge is 0.125 e. The predicted molar refractivity (Wildman–Crippen MR) is 43.7 cm³/mol. The van der Waals surface area contributed by atoms with Gasteiger partial charge in [0.25, 0.3) is 0 Å². The monoisotopic (exact) mass is 258 g/mol. The van der Waals surface area contributed by atoms with Crippen molar-refractivity contribution in [1.82, 2.24) is 0 Å². The summed E-state index contributed by atoms with van der Waals surface area (Å²) in [6, 6.07) is 0. The average molecular weight is 261 g/mol. The average Bonchev–Trinajstić information content (AvgIpc) is 1.62. The predicted octanol–water partition coefficient (Wildman–Crippen LogP) is 3.36. The fraction of sp³-hybridized carbons (Fsp3) is 1.00. The summed E-state index contributed by atoms with van der Waals surface area (Å²) in [6.07, 6.45) is 0. The summed E-state index contributed by atoms with van der Waals surface area (Å²) in [7, 11) is 0. The molecule has 0 amide bonds. The molecule has 8 heavy (non-hydrogen) atoms. The zero-order valence-electron chi connectivity index (χ0n) is 3.67. The lowest BCUT2D eigenvalue weighted by atomic mass is 10.5. The van der Waals surface area contributed by atoms with Gasteiger partial charge in [0.2, 0.25) is 3.79 Å². The molecule has 50 valence electrons. The highest BCUT2D eigenvalue weighted by Crippen LogP contribution is 2.35. The van der Waals surface area contributed by atoms with Crippen molar-refractivity contribution < 1.29 is 0 Å². The molecule has 0 aromatic carbocycles. The molecule has 0 fully saturated rings. The Hall–Kier alpha value is 1.64. The first-order chi connectivity index (χ1) is 3.48. The molecule has 0 aliphatic heterocycles. The fourth-order valence-corrected chi connectivity index (χ4v) is 0.787. The zero-order chi connectivity index (χ0) is 6.78. The fourth-order valence-electron chi connectivity index (χ4n) is 0.0875. The Balaban J connectivity index is 3.62. The van der Waals surface area contributed by atoms with Crippen LogP contribution in [0.25, 0.3) is 0 Å². The molecule has 0 saturated carbocycles. The van der Waals surface area contributed by atoms with Crippen molar-refractivity contribution in [2.24, 2.45) is 0 Å². The van der Waals surface area contributed by atoms with Crippen molar-refractivity contribution in [3.63, 3.8) is 0 Å². The standard InChI is InChI=1S/C3H3BrCl4/c4-2(1-5)3(6,7)8/h2H,1H2. The molecule has 1 unspecified atom stereocenters. The SMILES string of the molecule is ClCC(Br)C(Cl)(Cl)Cl. The summed E-state index contributed by atoms with van der Waals surface area (Å²) < 4.78 is -1.29. The van der Waals surface area contributed by atoms with Crippen LogP contribution in [-0.4, -0.2) is 14.5 Å². The van der Waals surface area contributed by atoms with E-state index < -0.39 is 3.79 Å². The molecule has 0 aliphatic rings. The second-order valence-corrected chi connectivity index (χ2v) is 4.95. The van der Waals surface area contributed by atoms with Crippen LogP contribution in [0.2, 0.25) is 0 Å². The second kappa shape index (κ2) is 3.72. The third kappa shape index (κ3) is 3.62. The molecule has 0 spiro atoms. The van der Waals surface area contributed by atoms with Crippen molar-refractivity contribution in [3.05, 3.63) is 0 Å². The summed E-state index contributed by atoms with van der Waals surface area (Å²) in [5.41, 5.74) is 0. The topological polar surface area (TPSA) is 0 Å². The maximum atomic E-state index is 5.38. The minimum Gasteiger partial charge on any atom is -0.125 e. The molecule has 0 N–H and O–H groups in total.